The molecule has 2 aromatic rings. The smallest absolute Gasteiger partial charge is 0.134 e. The van der Waals surface area contributed by atoms with Gasteiger partial charge in [0.2, 0.25) is 0 Å². The van der Waals surface area contributed by atoms with Crippen LogP contribution in [0.4, 0.5) is 8.78 Å². The van der Waals surface area contributed by atoms with Crippen molar-refractivity contribution in [2.75, 3.05) is 0 Å². The van der Waals surface area contributed by atoms with Crippen molar-refractivity contribution in [1.29, 1.82) is 0 Å². The van der Waals surface area contributed by atoms with Crippen molar-refractivity contribution in [3.05, 3.63) is 67.8 Å². The molecule has 0 spiro atoms. The summed E-state index contributed by atoms with van der Waals surface area (Å²) in [6, 6.07) is 7.58. The zero-order valence-electron chi connectivity index (χ0n) is 11.2. The first-order valence-corrected chi connectivity index (χ1v) is 7.21. The molecule has 2 rings (SSSR count). The van der Waals surface area contributed by atoms with Gasteiger partial charge in [-0.3, -0.25) is 5.84 Å². The molecule has 0 bridgehead atoms. The van der Waals surface area contributed by atoms with Crippen LogP contribution < -0.4 is 11.3 Å². The molecule has 0 aromatic heterocycles. The van der Waals surface area contributed by atoms with Gasteiger partial charge >= 0.3 is 0 Å². The van der Waals surface area contributed by atoms with Crippen LogP contribution in [0.3, 0.4) is 0 Å². The maximum atomic E-state index is 14.3. The highest BCUT2D eigenvalue weighted by molar-refractivity contribution is 14.1. The average molecular weight is 388 g/mol. The molecule has 20 heavy (non-hydrogen) atoms. The minimum Gasteiger partial charge on any atom is -0.271 e. The van der Waals surface area contributed by atoms with Crippen molar-refractivity contribution in [3.63, 3.8) is 0 Å². The number of aryl methyl sites for hydroxylation is 2. The highest BCUT2D eigenvalue weighted by atomic mass is 127. The lowest BCUT2D eigenvalue weighted by Crippen LogP contribution is -2.31. The third kappa shape index (κ3) is 2.70. The predicted molar refractivity (Wildman–Crippen MR) is 84.2 cm³/mol. The van der Waals surface area contributed by atoms with E-state index in [9.17, 15) is 8.78 Å². The van der Waals surface area contributed by atoms with Crippen LogP contribution >= 0.6 is 22.6 Å². The SMILES string of the molecule is Cc1ccc(F)c(C(NN)c2cccc(C)c2I)c1F. The molecule has 0 radical (unpaired) electrons. The van der Waals surface area contributed by atoms with E-state index in [1.165, 1.54) is 12.1 Å². The predicted octanol–water partition coefficient (Wildman–Crippen LogP) is 3.74. The second kappa shape index (κ2) is 6.15. The molecule has 0 aliphatic heterocycles. The monoisotopic (exact) mass is 388 g/mol. The third-order valence-electron chi connectivity index (χ3n) is 3.31. The van der Waals surface area contributed by atoms with Gasteiger partial charge in [-0.1, -0.05) is 24.3 Å². The third-order valence-corrected chi connectivity index (χ3v) is 4.78. The molecule has 2 nitrogen and oxygen atoms in total. The van der Waals surface area contributed by atoms with E-state index in [1.807, 2.05) is 25.1 Å². The molecule has 0 fully saturated rings. The van der Waals surface area contributed by atoms with Gasteiger partial charge in [0.15, 0.2) is 0 Å². The summed E-state index contributed by atoms with van der Waals surface area (Å²) < 4.78 is 29.3. The Hall–Kier alpha value is -1.05. The molecule has 0 heterocycles. The fourth-order valence-corrected chi connectivity index (χ4v) is 2.84. The molecule has 5 heteroatoms. The number of hydrogen-bond donors (Lipinski definition) is 2. The summed E-state index contributed by atoms with van der Waals surface area (Å²) in [5.41, 5.74) is 4.67. The quantitative estimate of drug-likeness (QED) is 0.478. The first-order valence-electron chi connectivity index (χ1n) is 6.13. The van der Waals surface area contributed by atoms with Gasteiger partial charge in [0, 0.05) is 9.13 Å². The van der Waals surface area contributed by atoms with E-state index < -0.39 is 17.7 Å². The minimum atomic E-state index is -0.721. The summed E-state index contributed by atoms with van der Waals surface area (Å²) in [6.45, 7) is 3.55. The van der Waals surface area contributed by atoms with Gasteiger partial charge in [-0.05, 0) is 59.2 Å². The second-order valence-electron chi connectivity index (χ2n) is 4.67. The maximum Gasteiger partial charge on any atom is 0.134 e. The molecule has 0 aliphatic carbocycles. The molecular weight excluding hydrogens is 373 g/mol. The molecule has 0 amide bonds. The molecule has 106 valence electrons. The van der Waals surface area contributed by atoms with Crippen LogP contribution in [0.1, 0.15) is 28.3 Å². The normalized spacial score (nSPS) is 12.5. The van der Waals surface area contributed by atoms with Crippen LogP contribution in [0.2, 0.25) is 0 Å². The van der Waals surface area contributed by atoms with E-state index in [-0.39, 0.29) is 5.56 Å². The van der Waals surface area contributed by atoms with Crippen LogP contribution in [-0.2, 0) is 0 Å². The zero-order chi connectivity index (χ0) is 14.9. The lowest BCUT2D eigenvalue weighted by Gasteiger charge is -2.21. The van der Waals surface area contributed by atoms with Gasteiger partial charge in [-0.15, -0.1) is 0 Å². The summed E-state index contributed by atoms with van der Waals surface area (Å²) in [5.74, 6) is 4.39. The lowest BCUT2D eigenvalue weighted by molar-refractivity contribution is 0.505. The molecule has 0 saturated carbocycles. The number of rotatable bonds is 3. The van der Waals surface area contributed by atoms with Crippen molar-refractivity contribution in [2.24, 2.45) is 5.84 Å². The topological polar surface area (TPSA) is 38.0 Å². The average Bonchev–Trinajstić information content (AvgIpc) is 2.43. The first-order chi connectivity index (χ1) is 9.47. The summed E-state index contributed by atoms with van der Waals surface area (Å²) in [7, 11) is 0. The highest BCUT2D eigenvalue weighted by Crippen LogP contribution is 2.31. The highest BCUT2D eigenvalue weighted by Gasteiger charge is 2.24. The Bertz CT molecular complexity index is 644. The van der Waals surface area contributed by atoms with E-state index >= 15 is 0 Å². The molecule has 1 atom stereocenters. The maximum absolute atomic E-state index is 14.3. The largest absolute Gasteiger partial charge is 0.271 e. The number of halogens is 3. The Morgan fingerprint density at radius 2 is 1.80 bits per heavy atom. The fraction of sp³-hybridized carbons (Fsp3) is 0.200. The van der Waals surface area contributed by atoms with Crippen LogP contribution in [0.15, 0.2) is 30.3 Å². The lowest BCUT2D eigenvalue weighted by atomic mass is 9.95. The Labute approximate surface area is 130 Å². The van der Waals surface area contributed by atoms with Gasteiger partial charge in [0.25, 0.3) is 0 Å². The number of hydrogen-bond acceptors (Lipinski definition) is 2. The molecule has 0 aliphatic rings. The number of nitrogens with two attached hydrogens (primary N) is 1. The fourth-order valence-electron chi connectivity index (χ4n) is 2.16. The van der Waals surface area contributed by atoms with Crippen LogP contribution in [0, 0.1) is 29.1 Å². The first kappa shape index (κ1) is 15.3. The van der Waals surface area contributed by atoms with E-state index in [0.717, 1.165) is 14.7 Å². The van der Waals surface area contributed by atoms with Crippen LogP contribution in [0.25, 0.3) is 0 Å². The van der Waals surface area contributed by atoms with Crippen molar-refractivity contribution in [3.8, 4) is 0 Å². The summed E-state index contributed by atoms with van der Waals surface area (Å²) in [6.07, 6.45) is 0. The van der Waals surface area contributed by atoms with Crippen LogP contribution in [0.5, 0.6) is 0 Å². The van der Waals surface area contributed by atoms with Crippen molar-refractivity contribution in [2.45, 2.75) is 19.9 Å². The molecular formula is C15H15F2IN2. The molecule has 1 unspecified atom stereocenters. The second-order valence-corrected chi connectivity index (χ2v) is 5.75. The van der Waals surface area contributed by atoms with Crippen molar-refractivity contribution < 1.29 is 8.78 Å². The Morgan fingerprint density at radius 1 is 1.10 bits per heavy atom. The Kier molecular flexibility index (Phi) is 4.72. The minimum absolute atomic E-state index is 0.0454. The zero-order valence-corrected chi connectivity index (χ0v) is 13.3. The van der Waals surface area contributed by atoms with Gasteiger partial charge in [-0.25, -0.2) is 14.2 Å². The van der Waals surface area contributed by atoms with Crippen molar-refractivity contribution in [1.82, 2.24) is 5.43 Å². The van der Waals surface area contributed by atoms with Gasteiger partial charge < -0.3 is 0 Å². The van der Waals surface area contributed by atoms with Gasteiger partial charge in [-0.2, -0.15) is 0 Å². The van der Waals surface area contributed by atoms with Gasteiger partial charge in [0.1, 0.15) is 11.6 Å². The van der Waals surface area contributed by atoms with Crippen molar-refractivity contribution >= 4 is 22.6 Å². The Balaban J connectivity index is 2.65. The molecule has 2 aromatic carbocycles. The van der Waals surface area contributed by atoms with Gasteiger partial charge in [0.05, 0.1) is 6.04 Å². The Morgan fingerprint density at radius 3 is 2.45 bits per heavy atom. The summed E-state index contributed by atoms with van der Waals surface area (Å²) in [4.78, 5) is 0. The van der Waals surface area contributed by atoms with E-state index in [2.05, 4.69) is 28.0 Å². The number of nitrogens with one attached hydrogen (secondary N) is 1. The molecule has 3 N–H and O–H groups in total. The summed E-state index contributed by atoms with van der Waals surface area (Å²) >= 11 is 2.16. The standard InChI is InChI=1S/C15H15F2IN2/c1-8-6-7-11(16)12(13(8)17)15(20-19)10-5-3-4-9(2)14(10)18/h3-7,15,20H,19H2,1-2H3. The molecule has 0 saturated heterocycles. The number of hydrazine groups is 1. The number of benzene rings is 2. The summed E-state index contributed by atoms with van der Waals surface area (Å²) in [5, 5.41) is 0. The van der Waals surface area contributed by atoms with E-state index in [4.69, 9.17) is 5.84 Å². The van der Waals surface area contributed by atoms with E-state index in [1.54, 1.807) is 6.92 Å². The van der Waals surface area contributed by atoms with Crippen LogP contribution in [-0.4, -0.2) is 0 Å². The van der Waals surface area contributed by atoms with E-state index in [0.29, 0.717) is 5.56 Å².